The van der Waals surface area contributed by atoms with Crippen molar-refractivity contribution in [1.82, 2.24) is 9.97 Å². The maximum atomic E-state index is 5.70. The molecule has 0 aliphatic rings. The highest BCUT2D eigenvalue weighted by atomic mass is 16.5. The van der Waals surface area contributed by atoms with E-state index in [0.29, 0.717) is 19.0 Å². The van der Waals surface area contributed by atoms with Crippen molar-refractivity contribution >= 4 is 5.82 Å². The molecule has 0 radical (unpaired) electrons. The molecular formula is C16H23N3O2. The predicted molar refractivity (Wildman–Crippen MR) is 82.5 cm³/mol. The van der Waals surface area contributed by atoms with Gasteiger partial charge in [0.1, 0.15) is 17.4 Å². The van der Waals surface area contributed by atoms with Gasteiger partial charge in [0.15, 0.2) is 0 Å². The molecule has 0 aromatic carbocycles. The van der Waals surface area contributed by atoms with Crippen molar-refractivity contribution in [3.8, 4) is 5.88 Å². The van der Waals surface area contributed by atoms with Gasteiger partial charge < -0.3 is 14.5 Å². The quantitative estimate of drug-likeness (QED) is 0.711. The highest BCUT2D eigenvalue weighted by Crippen LogP contribution is 2.16. The maximum Gasteiger partial charge on any atom is 0.218 e. The summed E-state index contributed by atoms with van der Waals surface area (Å²) in [7, 11) is 0. The normalized spacial score (nSPS) is 10.6. The Morgan fingerprint density at radius 2 is 2.14 bits per heavy atom. The lowest BCUT2D eigenvalue weighted by Crippen LogP contribution is -2.07. The molecule has 0 saturated heterocycles. The van der Waals surface area contributed by atoms with Crippen LogP contribution in [0.5, 0.6) is 5.88 Å². The third kappa shape index (κ3) is 5.10. The maximum absolute atomic E-state index is 5.70. The number of hydrogen-bond donors (Lipinski definition) is 1. The molecule has 0 bridgehead atoms. The van der Waals surface area contributed by atoms with Gasteiger partial charge in [-0.15, -0.1) is 0 Å². The van der Waals surface area contributed by atoms with Gasteiger partial charge in [0.2, 0.25) is 5.88 Å². The first kappa shape index (κ1) is 15.4. The first-order chi connectivity index (χ1) is 10.3. The van der Waals surface area contributed by atoms with Crippen LogP contribution in [0, 0.1) is 0 Å². The van der Waals surface area contributed by atoms with Crippen LogP contribution >= 0.6 is 0 Å². The van der Waals surface area contributed by atoms with E-state index < -0.39 is 0 Å². The van der Waals surface area contributed by atoms with Crippen LogP contribution in [0.1, 0.15) is 44.7 Å². The van der Waals surface area contributed by atoms with Crippen molar-refractivity contribution in [3.63, 3.8) is 0 Å². The zero-order valence-electron chi connectivity index (χ0n) is 12.8. The Morgan fingerprint density at radius 1 is 1.24 bits per heavy atom. The first-order valence-electron chi connectivity index (χ1n) is 7.58. The van der Waals surface area contributed by atoms with E-state index in [1.165, 1.54) is 0 Å². The lowest BCUT2D eigenvalue weighted by Gasteiger charge is -2.10. The molecule has 5 nitrogen and oxygen atoms in total. The van der Waals surface area contributed by atoms with E-state index >= 15 is 0 Å². The summed E-state index contributed by atoms with van der Waals surface area (Å²) in [6.07, 6.45) is 5.66. The van der Waals surface area contributed by atoms with Crippen molar-refractivity contribution < 1.29 is 9.15 Å². The van der Waals surface area contributed by atoms with Crippen LogP contribution in [0.15, 0.2) is 28.9 Å². The third-order valence-corrected chi connectivity index (χ3v) is 2.99. The smallest absolute Gasteiger partial charge is 0.218 e. The van der Waals surface area contributed by atoms with E-state index in [1.54, 1.807) is 6.26 Å². The van der Waals surface area contributed by atoms with Gasteiger partial charge in [-0.1, -0.05) is 20.3 Å². The minimum Gasteiger partial charge on any atom is -0.478 e. The molecule has 114 valence electrons. The number of anilines is 1. The van der Waals surface area contributed by atoms with Gasteiger partial charge in [0.25, 0.3) is 0 Å². The number of nitrogens with one attached hydrogen (secondary N) is 1. The van der Waals surface area contributed by atoms with Crippen molar-refractivity contribution in [2.24, 2.45) is 0 Å². The number of unbranched alkanes of at least 4 members (excludes halogenated alkanes) is 1. The molecule has 21 heavy (non-hydrogen) atoms. The van der Waals surface area contributed by atoms with Gasteiger partial charge in [-0.05, 0) is 25.0 Å². The number of aryl methyl sites for hydroxylation is 1. The molecule has 2 rings (SSSR count). The molecule has 0 aliphatic heterocycles. The summed E-state index contributed by atoms with van der Waals surface area (Å²) in [5.74, 6) is 3.10. The summed E-state index contributed by atoms with van der Waals surface area (Å²) in [5, 5.41) is 3.25. The summed E-state index contributed by atoms with van der Waals surface area (Å²) in [5.41, 5.74) is 0. The number of furan rings is 1. The Labute approximate surface area is 125 Å². The molecule has 0 spiro atoms. The van der Waals surface area contributed by atoms with Crippen LogP contribution < -0.4 is 10.1 Å². The van der Waals surface area contributed by atoms with Crippen molar-refractivity contribution in [2.75, 3.05) is 11.9 Å². The highest BCUT2D eigenvalue weighted by molar-refractivity contribution is 5.38. The molecule has 0 atom stereocenters. The second kappa shape index (κ2) is 8.29. The second-order valence-electron chi connectivity index (χ2n) is 4.89. The number of hydrogen-bond acceptors (Lipinski definition) is 5. The standard InChI is InChI=1S/C16H23N3O2/c1-3-5-9-21-16-11-15(18-14(19-16)7-4-2)17-12-13-8-6-10-20-13/h6,8,10-11H,3-5,7,9,12H2,1-2H3,(H,17,18,19). The van der Waals surface area contributed by atoms with Crippen molar-refractivity contribution in [3.05, 3.63) is 36.0 Å². The molecule has 2 aromatic rings. The molecule has 0 saturated carbocycles. The Hall–Kier alpha value is -2.04. The molecule has 0 aliphatic carbocycles. The molecular weight excluding hydrogens is 266 g/mol. The number of nitrogens with zero attached hydrogens (tertiary/aromatic N) is 2. The van der Waals surface area contributed by atoms with Gasteiger partial charge in [0, 0.05) is 12.5 Å². The van der Waals surface area contributed by atoms with Crippen LogP contribution in [0.2, 0.25) is 0 Å². The molecule has 0 unspecified atom stereocenters. The van der Waals surface area contributed by atoms with E-state index in [-0.39, 0.29) is 0 Å². The highest BCUT2D eigenvalue weighted by Gasteiger charge is 2.06. The monoisotopic (exact) mass is 289 g/mol. The zero-order chi connectivity index (χ0) is 14.9. The summed E-state index contributed by atoms with van der Waals surface area (Å²) in [6, 6.07) is 5.65. The van der Waals surface area contributed by atoms with E-state index in [9.17, 15) is 0 Å². The van der Waals surface area contributed by atoms with E-state index in [0.717, 1.165) is 43.1 Å². The van der Waals surface area contributed by atoms with Crippen LogP contribution in [-0.2, 0) is 13.0 Å². The minimum atomic E-state index is 0.601. The first-order valence-corrected chi connectivity index (χ1v) is 7.58. The van der Waals surface area contributed by atoms with Gasteiger partial charge >= 0.3 is 0 Å². The Kier molecular flexibility index (Phi) is 6.06. The summed E-state index contributed by atoms with van der Waals surface area (Å²) >= 11 is 0. The van der Waals surface area contributed by atoms with Crippen LogP contribution in [-0.4, -0.2) is 16.6 Å². The SMILES string of the molecule is CCCCOc1cc(NCc2ccco2)nc(CCC)n1. The molecule has 2 aromatic heterocycles. The largest absolute Gasteiger partial charge is 0.478 e. The van der Waals surface area contributed by atoms with Gasteiger partial charge in [-0.3, -0.25) is 0 Å². The number of rotatable bonds is 9. The molecule has 5 heteroatoms. The zero-order valence-corrected chi connectivity index (χ0v) is 12.8. The van der Waals surface area contributed by atoms with E-state index in [1.807, 2.05) is 18.2 Å². The fraction of sp³-hybridized carbons (Fsp3) is 0.500. The Morgan fingerprint density at radius 3 is 2.86 bits per heavy atom. The molecule has 2 heterocycles. The summed E-state index contributed by atoms with van der Waals surface area (Å²) in [4.78, 5) is 8.95. The van der Waals surface area contributed by atoms with Crippen LogP contribution in [0.25, 0.3) is 0 Å². The van der Waals surface area contributed by atoms with E-state index in [2.05, 4.69) is 29.1 Å². The molecule has 0 amide bonds. The van der Waals surface area contributed by atoms with E-state index in [4.69, 9.17) is 9.15 Å². The topological polar surface area (TPSA) is 60.2 Å². The number of ether oxygens (including phenoxy) is 1. The Bertz CT molecular complexity index is 526. The van der Waals surface area contributed by atoms with Gasteiger partial charge in [-0.25, -0.2) is 4.98 Å². The average molecular weight is 289 g/mol. The fourth-order valence-corrected chi connectivity index (χ4v) is 1.88. The minimum absolute atomic E-state index is 0.601. The lowest BCUT2D eigenvalue weighted by atomic mass is 10.3. The molecule has 1 N–H and O–H groups in total. The summed E-state index contributed by atoms with van der Waals surface area (Å²) in [6.45, 7) is 5.55. The average Bonchev–Trinajstić information content (AvgIpc) is 2.99. The molecule has 0 fully saturated rings. The van der Waals surface area contributed by atoms with Crippen molar-refractivity contribution in [2.45, 2.75) is 46.1 Å². The van der Waals surface area contributed by atoms with Crippen LogP contribution in [0.4, 0.5) is 5.82 Å². The predicted octanol–water partition coefficient (Wildman–Crippen LogP) is 3.81. The van der Waals surface area contributed by atoms with Gasteiger partial charge in [0.05, 0.1) is 19.4 Å². The Balaban J connectivity index is 2.03. The van der Waals surface area contributed by atoms with Crippen LogP contribution in [0.3, 0.4) is 0 Å². The lowest BCUT2D eigenvalue weighted by molar-refractivity contribution is 0.296. The second-order valence-corrected chi connectivity index (χ2v) is 4.89. The fourth-order valence-electron chi connectivity index (χ4n) is 1.88. The third-order valence-electron chi connectivity index (χ3n) is 2.99. The summed E-state index contributed by atoms with van der Waals surface area (Å²) < 4.78 is 11.0. The van der Waals surface area contributed by atoms with Crippen molar-refractivity contribution in [1.29, 1.82) is 0 Å². The number of aromatic nitrogens is 2. The van der Waals surface area contributed by atoms with Gasteiger partial charge in [-0.2, -0.15) is 4.98 Å².